The molecule has 1 heterocycles. The molecule has 0 bridgehead atoms. The SMILES string of the molecule is NC[C@@H]1CN(C(=O)c2cc(F)c(F)cc2Br)C[C@H]1c1ccccc1. The Kier molecular flexibility index (Phi) is 4.96. The average molecular weight is 395 g/mol. The van der Waals surface area contributed by atoms with Crippen LogP contribution in [0, 0.1) is 17.6 Å². The van der Waals surface area contributed by atoms with E-state index >= 15 is 0 Å². The lowest BCUT2D eigenvalue weighted by molar-refractivity contribution is 0.0785. The van der Waals surface area contributed by atoms with Crippen LogP contribution in [0.4, 0.5) is 8.78 Å². The van der Waals surface area contributed by atoms with Crippen LogP contribution in [-0.2, 0) is 0 Å². The predicted molar refractivity (Wildman–Crippen MR) is 91.7 cm³/mol. The number of rotatable bonds is 3. The van der Waals surface area contributed by atoms with Crippen LogP contribution >= 0.6 is 15.9 Å². The van der Waals surface area contributed by atoms with E-state index in [0.717, 1.165) is 17.7 Å². The van der Waals surface area contributed by atoms with Crippen LogP contribution in [0.15, 0.2) is 46.9 Å². The summed E-state index contributed by atoms with van der Waals surface area (Å²) in [4.78, 5) is 14.4. The van der Waals surface area contributed by atoms with E-state index in [9.17, 15) is 13.6 Å². The summed E-state index contributed by atoms with van der Waals surface area (Å²) in [5, 5.41) is 0. The van der Waals surface area contributed by atoms with Crippen LogP contribution in [-0.4, -0.2) is 30.4 Å². The Morgan fingerprint density at radius 3 is 2.50 bits per heavy atom. The van der Waals surface area contributed by atoms with Crippen molar-refractivity contribution in [1.82, 2.24) is 4.90 Å². The smallest absolute Gasteiger partial charge is 0.255 e. The summed E-state index contributed by atoms with van der Waals surface area (Å²) >= 11 is 3.14. The first-order valence-corrected chi connectivity index (χ1v) is 8.49. The molecular weight excluding hydrogens is 378 g/mol. The number of hydrogen-bond donors (Lipinski definition) is 1. The van der Waals surface area contributed by atoms with Crippen molar-refractivity contribution in [1.29, 1.82) is 0 Å². The Morgan fingerprint density at radius 1 is 1.17 bits per heavy atom. The summed E-state index contributed by atoms with van der Waals surface area (Å²) in [6.45, 7) is 1.47. The normalized spacial score (nSPS) is 20.4. The number of carbonyl (C=O) groups excluding carboxylic acids is 1. The molecule has 0 spiro atoms. The van der Waals surface area contributed by atoms with Gasteiger partial charge < -0.3 is 10.6 Å². The van der Waals surface area contributed by atoms with Crippen LogP contribution in [0.1, 0.15) is 21.8 Å². The molecule has 0 unspecified atom stereocenters. The standard InChI is InChI=1S/C18H17BrF2N2O/c19-15-7-17(21)16(20)6-13(15)18(24)23-9-12(8-22)14(10-23)11-4-2-1-3-5-11/h1-7,12,14H,8-10,22H2/t12-,14+/m1/s1. The van der Waals surface area contributed by atoms with E-state index in [4.69, 9.17) is 5.73 Å². The molecule has 0 saturated carbocycles. The molecule has 0 aromatic heterocycles. The zero-order chi connectivity index (χ0) is 17.3. The van der Waals surface area contributed by atoms with Crippen LogP contribution in [0.2, 0.25) is 0 Å². The summed E-state index contributed by atoms with van der Waals surface area (Å²) in [5.41, 5.74) is 7.14. The first-order chi connectivity index (χ1) is 11.5. The highest BCUT2D eigenvalue weighted by Gasteiger charge is 2.36. The molecule has 3 nitrogen and oxygen atoms in total. The van der Waals surface area contributed by atoms with Crippen molar-refractivity contribution in [3.05, 3.63) is 69.7 Å². The lowest BCUT2D eigenvalue weighted by atomic mass is 9.89. The Morgan fingerprint density at radius 2 is 1.83 bits per heavy atom. The van der Waals surface area contributed by atoms with E-state index in [1.807, 2.05) is 30.3 Å². The predicted octanol–water partition coefficient (Wildman–Crippen LogP) is 3.54. The van der Waals surface area contributed by atoms with E-state index < -0.39 is 11.6 Å². The van der Waals surface area contributed by atoms with Gasteiger partial charge in [-0.1, -0.05) is 30.3 Å². The fraction of sp³-hybridized carbons (Fsp3) is 0.278. The summed E-state index contributed by atoms with van der Waals surface area (Å²) in [6, 6.07) is 11.8. The fourth-order valence-corrected chi connectivity index (χ4v) is 3.70. The third kappa shape index (κ3) is 3.21. The molecule has 2 aromatic carbocycles. The number of carbonyl (C=O) groups is 1. The molecule has 6 heteroatoms. The molecule has 0 radical (unpaired) electrons. The monoisotopic (exact) mass is 394 g/mol. The molecule has 0 aliphatic carbocycles. The zero-order valence-corrected chi connectivity index (χ0v) is 14.5. The molecule has 2 atom stereocenters. The molecule has 1 saturated heterocycles. The lowest BCUT2D eigenvalue weighted by Crippen LogP contribution is -2.30. The second-order valence-electron chi connectivity index (χ2n) is 5.97. The van der Waals surface area contributed by atoms with Gasteiger partial charge in [0.25, 0.3) is 5.91 Å². The van der Waals surface area contributed by atoms with E-state index in [1.54, 1.807) is 4.90 Å². The van der Waals surface area contributed by atoms with Crippen molar-refractivity contribution in [3.8, 4) is 0 Å². The average Bonchev–Trinajstić information content (AvgIpc) is 3.02. The second-order valence-corrected chi connectivity index (χ2v) is 6.82. The number of likely N-dealkylation sites (tertiary alicyclic amines) is 1. The van der Waals surface area contributed by atoms with Crippen LogP contribution in [0.25, 0.3) is 0 Å². The highest BCUT2D eigenvalue weighted by atomic mass is 79.9. The molecule has 126 valence electrons. The minimum Gasteiger partial charge on any atom is -0.338 e. The van der Waals surface area contributed by atoms with Gasteiger partial charge in [-0.2, -0.15) is 0 Å². The number of nitrogens with two attached hydrogens (primary N) is 1. The molecule has 2 N–H and O–H groups in total. The van der Waals surface area contributed by atoms with Crippen molar-refractivity contribution in [2.45, 2.75) is 5.92 Å². The van der Waals surface area contributed by atoms with Gasteiger partial charge in [-0.05, 0) is 46.1 Å². The summed E-state index contributed by atoms with van der Waals surface area (Å²) in [5.74, 6) is -2.06. The van der Waals surface area contributed by atoms with E-state index in [2.05, 4.69) is 15.9 Å². The van der Waals surface area contributed by atoms with Gasteiger partial charge in [0, 0.05) is 23.5 Å². The van der Waals surface area contributed by atoms with Gasteiger partial charge in [0.1, 0.15) is 0 Å². The summed E-state index contributed by atoms with van der Waals surface area (Å²) in [7, 11) is 0. The molecule has 1 amide bonds. The number of nitrogens with zero attached hydrogens (tertiary/aromatic N) is 1. The number of amides is 1. The van der Waals surface area contributed by atoms with E-state index in [1.165, 1.54) is 0 Å². The van der Waals surface area contributed by atoms with Crippen molar-refractivity contribution in [3.63, 3.8) is 0 Å². The van der Waals surface area contributed by atoms with Gasteiger partial charge in [-0.3, -0.25) is 4.79 Å². The van der Waals surface area contributed by atoms with E-state index in [-0.39, 0.29) is 27.8 Å². The number of benzene rings is 2. The van der Waals surface area contributed by atoms with Crippen molar-refractivity contribution < 1.29 is 13.6 Å². The Bertz CT molecular complexity index is 754. The van der Waals surface area contributed by atoms with Crippen molar-refractivity contribution in [2.75, 3.05) is 19.6 Å². The molecule has 24 heavy (non-hydrogen) atoms. The Labute approximate surface area is 147 Å². The first-order valence-electron chi connectivity index (χ1n) is 7.70. The van der Waals surface area contributed by atoms with Crippen LogP contribution < -0.4 is 5.73 Å². The van der Waals surface area contributed by atoms with Crippen molar-refractivity contribution >= 4 is 21.8 Å². The largest absolute Gasteiger partial charge is 0.338 e. The maximum absolute atomic E-state index is 13.5. The van der Waals surface area contributed by atoms with Gasteiger partial charge >= 0.3 is 0 Å². The molecular formula is C18H17BrF2N2O. The molecule has 3 rings (SSSR count). The Hall–Kier alpha value is -1.79. The molecule has 1 aliphatic heterocycles. The van der Waals surface area contributed by atoms with Gasteiger partial charge in [0.05, 0.1) is 5.56 Å². The third-order valence-electron chi connectivity index (χ3n) is 4.50. The van der Waals surface area contributed by atoms with Gasteiger partial charge in [-0.25, -0.2) is 8.78 Å². The maximum atomic E-state index is 13.5. The summed E-state index contributed by atoms with van der Waals surface area (Å²) < 4.78 is 27.0. The zero-order valence-electron chi connectivity index (χ0n) is 12.9. The fourth-order valence-electron chi connectivity index (χ4n) is 3.21. The van der Waals surface area contributed by atoms with Gasteiger partial charge in [-0.15, -0.1) is 0 Å². The van der Waals surface area contributed by atoms with Crippen LogP contribution in [0.3, 0.4) is 0 Å². The number of halogens is 3. The minimum absolute atomic E-state index is 0.124. The molecule has 2 aromatic rings. The lowest BCUT2D eigenvalue weighted by Gasteiger charge is -2.17. The highest BCUT2D eigenvalue weighted by Crippen LogP contribution is 2.33. The topological polar surface area (TPSA) is 46.3 Å². The van der Waals surface area contributed by atoms with Gasteiger partial charge in [0.15, 0.2) is 11.6 Å². The number of hydrogen-bond acceptors (Lipinski definition) is 2. The van der Waals surface area contributed by atoms with E-state index in [0.29, 0.717) is 19.6 Å². The van der Waals surface area contributed by atoms with Crippen LogP contribution in [0.5, 0.6) is 0 Å². The maximum Gasteiger partial charge on any atom is 0.255 e. The highest BCUT2D eigenvalue weighted by molar-refractivity contribution is 9.10. The summed E-state index contributed by atoms with van der Waals surface area (Å²) in [6.07, 6.45) is 0. The minimum atomic E-state index is -1.03. The Balaban J connectivity index is 1.86. The molecule has 1 fully saturated rings. The first kappa shape index (κ1) is 17.0. The second kappa shape index (κ2) is 6.99. The molecule has 1 aliphatic rings. The van der Waals surface area contributed by atoms with Gasteiger partial charge in [0.2, 0.25) is 0 Å². The quantitative estimate of drug-likeness (QED) is 0.809. The third-order valence-corrected chi connectivity index (χ3v) is 5.16. The van der Waals surface area contributed by atoms with Crippen molar-refractivity contribution in [2.24, 2.45) is 11.7 Å².